The Balaban J connectivity index is 2.41. The standard InChI is InChI=1S/C14H17FN2S/c1-3-11-6-7-13(18-11)14(17-16)12-8-10(15)5-4-9(12)2/h4-8,14,17H,3,16H2,1-2H3. The van der Waals surface area contributed by atoms with Gasteiger partial charge >= 0.3 is 0 Å². The van der Waals surface area contributed by atoms with Gasteiger partial charge < -0.3 is 0 Å². The zero-order chi connectivity index (χ0) is 13.1. The van der Waals surface area contributed by atoms with Crippen LogP contribution in [0.15, 0.2) is 30.3 Å². The van der Waals surface area contributed by atoms with E-state index in [-0.39, 0.29) is 11.9 Å². The topological polar surface area (TPSA) is 38.0 Å². The molecular formula is C14H17FN2S. The highest BCUT2D eigenvalue weighted by molar-refractivity contribution is 7.12. The number of aryl methyl sites for hydroxylation is 2. The highest BCUT2D eigenvalue weighted by Crippen LogP contribution is 2.30. The predicted octanol–water partition coefficient (Wildman–Crippen LogP) is 3.31. The molecule has 2 aromatic rings. The second kappa shape index (κ2) is 5.61. The van der Waals surface area contributed by atoms with Crippen molar-refractivity contribution in [3.8, 4) is 0 Å². The van der Waals surface area contributed by atoms with Crippen molar-refractivity contribution in [1.82, 2.24) is 5.43 Å². The van der Waals surface area contributed by atoms with E-state index in [4.69, 9.17) is 5.84 Å². The number of hydrogen-bond donors (Lipinski definition) is 2. The molecular weight excluding hydrogens is 247 g/mol. The molecule has 0 aliphatic rings. The number of nitrogens with two attached hydrogens (primary N) is 1. The van der Waals surface area contributed by atoms with Crippen LogP contribution in [0.4, 0.5) is 4.39 Å². The zero-order valence-corrected chi connectivity index (χ0v) is 11.4. The monoisotopic (exact) mass is 264 g/mol. The van der Waals surface area contributed by atoms with E-state index in [9.17, 15) is 4.39 Å². The average Bonchev–Trinajstić information content (AvgIpc) is 2.83. The van der Waals surface area contributed by atoms with Gasteiger partial charge in [-0.15, -0.1) is 11.3 Å². The van der Waals surface area contributed by atoms with E-state index in [1.165, 1.54) is 10.9 Å². The normalized spacial score (nSPS) is 12.7. The molecule has 1 aromatic heterocycles. The summed E-state index contributed by atoms with van der Waals surface area (Å²) in [6.45, 7) is 4.08. The maximum Gasteiger partial charge on any atom is 0.123 e. The van der Waals surface area contributed by atoms with Crippen LogP contribution >= 0.6 is 11.3 Å². The third kappa shape index (κ3) is 2.61. The number of hydrogen-bond acceptors (Lipinski definition) is 3. The molecule has 3 N–H and O–H groups in total. The van der Waals surface area contributed by atoms with E-state index < -0.39 is 0 Å². The lowest BCUT2D eigenvalue weighted by Crippen LogP contribution is -2.28. The van der Waals surface area contributed by atoms with Crippen LogP contribution in [0, 0.1) is 12.7 Å². The van der Waals surface area contributed by atoms with Crippen LogP contribution in [-0.4, -0.2) is 0 Å². The summed E-state index contributed by atoms with van der Waals surface area (Å²) in [5.41, 5.74) is 4.71. The SMILES string of the molecule is CCc1ccc(C(NN)c2cc(F)ccc2C)s1. The molecule has 1 aromatic carbocycles. The van der Waals surface area contributed by atoms with Crippen molar-refractivity contribution in [2.45, 2.75) is 26.3 Å². The first-order chi connectivity index (χ1) is 8.65. The number of halogens is 1. The van der Waals surface area contributed by atoms with Crippen LogP contribution in [0.5, 0.6) is 0 Å². The number of nitrogens with one attached hydrogen (secondary N) is 1. The van der Waals surface area contributed by atoms with Gasteiger partial charge in [0.25, 0.3) is 0 Å². The third-order valence-corrected chi connectivity index (χ3v) is 4.33. The largest absolute Gasteiger partial charge is 0.271 e. The Hall–Kier alpha value is -1.23. The molecule has 2 nitrogen and oxygen atoms in total. The van der Waals surface area contributed by atoms with Crippen molar-refractivity contribution in [2.24, 2.45) is 5.84 Å². The van der Waals surface area contributed by atoms with Crippen molar-refractivity contribution in [1.29, 1.82) is 0 Å². The van der Waals surface area contributed by atoms with E-state index in [1.54, 1.807) is 23.5 Å². The summed E-state index contributed by atoms with van der Waals surface area (Å²) in [6, 6.07) is 8.80. The van der Waals surface area contributed by atoms with E-state index in [2.05, 4.69) is 24.5 Å². The first kappa shape index (κ1) is 13.2. The molecule has 0 amide bonds. The smallest absolute Gasteiger partial charge is 0.123 e. The van der Waals surface area contributed by atoms with Crippen molar-refractivity contribution in [3.63, 3.8) is 0 Å². The molecule has 4 heteroatoms. The van der Waals surface area contributed by atoms with E-state index >= 15 is 0 Å². The molecule has 0 bridgehead atoms. The van der Waals surface area contributed by atoms with Crippen LogP contribution in [0.3, 0.4) is 0 Å². The first-order valence-electron chi connectivity index (χ1n) is 5.96. The van der Waals surface area contributed by atoms with Gasteiger partial charge in [0.2, 0.25) is 0 Å². The van der Waals surface area contributed by atoms with Gasteiger partial charge in [0.05, 0.1) is 6.04 Å². The summed E-state index contributed by atoms with van der Waals surface area (Å²) >= 11 is 1.71. The van der Waals surface area contributed by atoms with Crippen molar-refractivity contribution in [2.75, 3.05) is 0 Å². The van der Waals surface area contributed by atoms with Gasteiger partial charge in [0, 0.05) is 9.75 Å². The van der Waals surface area contributed by atoms with Crippen LogP contribution in [0.2, 0.25) is 0 Å². The van der Waals surface area contributed by atoms with Crippen molar-refractivity contribution >= 4 is 11.3 Å². The minimum absolute atomic E-state index is 0.147. The highest BCUT2D eigenvalue weighted by atomic mass is 32.1. The molecule has 1 atom stereocenters. The summed E-state index contributed by atoms with van der Waals surface area (Å²) in [5.74, 6) is 5.41. The Morgan fingerprint density at radius 2 is 2.11 bits per heavy atom. The fourth-order valence-corrected chi connectivity index (χ4v) is 3.02. The van der Waals surface area contributed by atoms with Crippen LogP contribution in [0.25, 0.3) is 0 Å². The summed E-state index contributed by atoms with van der Waals surface area (Å²) in [6.07, 6.45) is 1.00. The molecule has 0 spiro atoms. The Morgan fingerprint density at radius 3 is 2.72 bits per heavy atom. The second-order valence-electron chi connectivity index (χ2n) is 4.26. The minimum atomic E-state index is -0.233. The van der Waals surface area contributed by atoms with Gasteiger partial charge in [-0.1, -0.05) is 13.0 Å². The van der Waals surface area contributed by atoms with Gasteiger partial charge in [-0.2, -0.15) is 0 Å². The molecule has 0 aliphatic carbocycles. The molecule has 2 rings (SSSR count). The molecule has 18 heavy (non-hydrogen) atoms. The van der Waals surface area contributed by atoms with E-state index in [1.807, 2.05) is 6.92 Å². The number of benzene rings is 1. The molecule has 96 valence electrons. The van der Waals surface area contributed by atoms with Crippen LogP contribution < -0.4 is 11.3 Å². The Bertz CT molecular complexity index is 536. The van der Waals surface area contributed by atoms with Crippen LogP contribution in [-0.2, 0) is 6.42 Å². The second-order valence-corrected chi connectivity index (χ2v) is 5.46. The molecule has 0 fully saturated rings. The summed E-state index contributed by atoms with van der Waals surface area (Å²) in [4.78, 5) is 2.42. The van der Waals surface area contributed by atoms with Gasteiger partial charge in [-0.25, -0.2) is 9.82 Å². The molecule has 1 heterocycles. The summed E-state index contributed by atoms with van der Waals surface area (Å²) in [7, 11) is 0. The lowest BCUT2D eigenvalue weighted by Gasteiger charge is -2.17. The maximum atomic E-state index is 13.4. The van der Waals surface area contributed by atoms with Gasteiger partial charge in [-0.3, -0.25) is 5.84 Å². The zero-order valence-electron chi connectivity index (χ0n) is 10.5. The minimum Gasteiger partial charge on any atom is -0.271 e. The maximum absolute atomic E-state index is 13.4. The van der Waals surface area contributed by atoms with E-state index in [0.29, 0.717) is 0 Å². The molecule has 0 saturated heterocycles. The quantitative estimate of drug-likeness (QED) is 0.657. The van der Waals surface area contributed by atoms with Gasteiger partial charge in [0.1, 0.15) is 5.82 Å². The Labute approximate surface area is 111 Å². The first-order valence-corrected chi connectivity index (χ1v) is 6.78. The number of thiophene rings is 1. The van der Waals surface area contributed by atoms with Gasteiger partial charge in [-0.05, 0) is 48.7 Å². The van der Waals surface area contributed by atoms with Gasteiger partial charge in [0.15, 0.2) is 0 Å². The Morgan fingerprint density at radius 1 is 1.33 bits per heavy atom. The van der Waals surface area contributed by atoms with E-state index in [0.717, 1.165) is 22.4 Å². The Kier molecular flexibility index (Phi) is 4.11. The van der Waals surface area contributed by atoms with Crippen molar-refractivity contribution < 1.29 is 4.39 Å². The van der Waals surface area contributed by atoms with Crippen LogP contribution in [0.1, 0.15) is 33.8 Å². The number of rotatable bonds is 4. The molecule has 0 saturated carbocycles. The molecule has 0 aliphatic heterocycles. The molecule has 0 radical (unpaired) electrons. The summed E-state index contributed by atoms with van der Waals surface area (Å²) in [5, 5.41) is 0. The number of hydrazine groups is 1. The fourth-order valence-electron chi connectivity index (χ4n) is 1.99. The lowest BCUT2D eigenvalue weighted by molar-refractivity contribution is 0.606. The lowest BCUT2D eigenvalue weighted by atomic mass is 10.0. The summed E-state index contributed by atoms with van der Waals surface area (Å²) < 4.78 is 13.4. The molecule has 1 unspecified atom stereocenters. The average molecular weight is 264 g/mol. The van der Waals surface area contributed by atoms with Crippen molar-refractivity contribution in [3.05, 3.63) is 57.0 Å². The third-order valence-electron chi connectivity index (χ3n) is 3.03. The fraction of sp³-hybridized carbons (Fsp3) is 0.286. The predicted molar refractivity (Wildman–Crippen MR) is 74.0 cm³/mol. The highest BCUT2D eigenvalue weighted by Gasteiger charge is 2.17.